The van der Waals surface area contributed by atoms with Crippen LogP contribution in [0.5, 0.6) is 0 Å². The van der Waals surface area contributed by atoms with Crippen LogP contribution in [-0.4, -0.2) is 36.0 Å². The summed E-state index contributed by atoms with van der Waals surface area (Å²) in [4.78, 5) is 24.5. The minimum absolute atomic E-state index is 0.235. The number of piperidine rings is 1. The minimum atomic E-state index is -1.41. The SMILES string of the molecule is CC(=O)[C@H](F)C1CCN(C(=O)OCc2ccccc2)CC1. The molecule has 1 atom stereocenters. The van der Waals surface area contributed by atoms with Crippen molar-refractivity contribution in [1.29, 1.82) is 0 Å². The van der Waals surface area contributed by atoms with Gasteiger partial charge < -0.3 is 9.64 Å². The Hall–Kier alpha value is -1.91. The van der Waals surface area contributed by atoms with Gasteiger partial charge in [-0.1, -0.05) is 30.3 Å². The first-order valence-electron chi connectivity index (χ1n) is 7.18. The van der Waals surface area contributed by atoms with Gasteiger partial charge in [0.05, 0.1) is 0 Å². The van der Waals surface area contributed by atoms with Crippen LogP contribution in [0.2, 0.25) is 0 Å². The highest BCUT2D eigenvalue weighted by molar-refractivity contribution is 5.80. The first kappa shape index (κ1) is 15.5. The van der Waals surface area contributed by atoms with Gasteiger partial charge >= 0.3 is 6.09 Å². The molecule has 0 aliphatic carbocycles. The van der Waals surface area contributed by atoms with Crippen molar-refractivity contribution in [3.05, 3.63) is 35.9 Å². The van der Waals surface area contributed by atoms with Crippen molar-refractivity contribution in [2.45, 2.75) is 32.5 Å². The lowest BCUT2D eigenvalue weighted by atomic mass is 9.90. The van der Waals surface area contributed by atoms with Crippen LogP contribution in [0.25, 0.3) is 0 Å². The molecule has 1 aliphatic rings. The Morgan fingerprint density at radius 1 is 1.29 bits per heavy atom. The fraction of sp³-hybridized carbons (Fsp3) is 0.500. The second-order valence-corrected chi connectivity index (χ2v) is 5.38. The molecule has 0 unspecified atom stereocenters. The number of ketones is 1. The fourth-order valence-corrected chi connectivity index (χ4v) is 2.52. The number of carbonyl (C=O) groups is 2. The van der Waals surface area contributed by atoms with Crippen molar-refractivity contribution in [2.24, 2.45) is 5.92 Å². The number of alkyl halides is 1. The molecule has 5 heteroatoms. The Balaban J connectivity index is 1.77. The highest BCUT2D eigenvalue weighted by Crippen LogP contribution is 2.23. The summed E-state index contributed by atoms with van der Waals surface area (Å²) in [7, 11) is 0. The number of hydrogen-bond donors (Lipinski definition) is 0. The number of Topliss-reactive ketones (excluding diaryl/α,β-unsaturated/α-hetero) is 1. The molecule has 0 spiro atoms. The molecule has 1 fully saturated rings. The van der Waals surface area contributed by atoms with Gasteiger partial charge in [0.2, 0.25) is 0 Å². The van der Waals surface area contributed by atoms with E-state index < -0.39 is 12.0 Å². The number of benzene rings is 1. The number of amides is 1. The monoisotopic (exact) mass is 293 g/mol. The molecule has 114 valence electrons. The highest BCUT2D eigenvalue weighted by atomic mass is 19.1. The molecule has 1 aromatic rings. The van der Waals surface area contributed by atoms with Gasteiger partial charge in [-0.2, -0.15) is 0 Å². The number of nitrogens with zero attached hydrogens (tertiary/aromatic N) is 1. The van der Waals surface area contributed by atoms with E-state index in [0.29, 0.717) is 25.9 Å². The quantitative estimate of drug-likeness (QED) is 0.857. The van der Waals surface area contributed by atoms with Crippen molar-refractivity contribution in [1.82, 2.24) is 4.90 Å². The first-order valence-corrected chi connectivity index (χ1v) is 7.18. The van der Waals surface area contributed by atoms with Gasteiger partial charge in [0.1, 0.15) is 6.61 Å². The van der Waals surface area contributed by atoms with Crippen LogP contribution < -0.4 is 0 Å². The Morgan fingerprint density at radius 3 is 2.48 bits per heavy atom. The number of hydrogen-bond acceptors (Lipinski definition) is 3. The third kappa shape index (κ3) is 4.28. The average molecular weight is 293 g/mol. The number of halogens is 1. The lowest BCUT2D eigenvalue weighted by Gasteiger charge is -2.32. The second kappa shape index (κ2) is 7.20. The zero-order valence-corrected chi connectivity index (χ0v) is 12.1. The van der Waals surface area contributed by atoms with Gasteiger partial charge in [-0.3, -0.25) is 4.79 Å². The van der Waals surface area contributed by atoms with Crippen LogP contribution in [0.15, 0.2) is 30.3 Å². The predicted molar refractivity (Wildman–Crippen MR) is 76.5 cm³/mol. The Bertz CT molecular complexity index is 484. The van der Waals surface area contributed by atoms with Crippen LogP contribution >= 0.6 is 0 Å². The molecule has 0 saturated carbocycles. The van der Waals surface area contributed by atoms with E-state index in [4.69, 9.17) is 4.74 Å². The molecule has 0 aromatic heterocycles. The molecule has 0 radical (unpaired) electrons. The molecule has 0 bridgehead atoms. The number of rotatable bonds is 4. The normalized spacial score (nSPS) is 17.3. The van der Waals surface area contributed by atoms with Crippen LogP contribution in [-0.2, 0) is 16.1 Å². The summed E-state index contributed by atoms with van der Waals surface area (Å²) < 4.78 is 18.9. The molecule has 2 rings (SSSR count). The van der Waals surface area contributed by atoms with Crippen molar-refractivity contribution < 1.29 is 18.7 Å². The van der Waals surface area contributed by atoms with E-state index in [-0.39, 0.29) is 18.6 Å². The summed E-state index contributed by atoms with van der Waals surface area (Å²) in [5.74, 6) is -0.708. The van der Waals surface area contributed by atoms with E-state index in [1.807, 2.05) is 30.3 Å². The summed E-state index contributed by atoms with van der Waals surface area (Å²) in [6.45, 7) is 2.38. The summed E-state index contributed by atoms with van der Waals surface area (Å²) in [6.07, 6.45) is -0.787. The summed E-state index contributed by atoms with van der Waals surface area (Å²) in [5, 5.41) is 0. The zero-order valence-electron chi connectivity index (χ0n) is 12.1. The largest absolute Gasteiger partial charge is 0.445 e. The van der Waals surface area contributed by atoms with Crippen molar-refractivity contribution in [3.63, 3.8) is 0 Å². The fourth-order valence-electron chi connectivity index (χ4n) is 2.52. The summed E-state index contributed by atoms with van der Waals surface area (Å²) in [5.41, 5.74) is 0.932. The molecule has 1 saturated heterocycles. The third-order valence-corrected chi connectivity index (χ3v) is 3.81. The molecule has 21 heavy (non-hydrogen) atoms. The van der Waals surface area contributed by atoms with E-state index in [2.05, 4.69) is 0 Å². The lowest BCUT2D eigenvalue weighted by Crippen LogP contribution is -2.41. The standard InChI is InChI=1S/C16H20FNO3/c1-12(19)15(17)14-7-9-18(10-8-14)16(20)21-11-13-5-3-2-4-6-13/h2-6,14-15H,7-11H2,1H3/t15-/m0/s1. The lowest BCUT2D eigenvalue weighted by molar-refractivity contribution is -0.124. The van der Waals surface area contributed by atoms with E-state index in [9.17, 15) is 14.0 Å². The van der Waals surface area contributed by atoms with E-state index >= 15 is 0 Å². The Morgan fingerprint density at radius 2 is 1.90 bits per heavy atom. The molecule has 1 aromatic carbocycles. The maximum Gasteiger partial charge on any atom is 0.410 e. The topological polar surface area (TPSA) is 46.6 Å². The van der Waals surface area contributed by atoms with Gasteiger partial charge in [-0.05, 0) is 25.3 Å². The smallest absolute Gasteiger partial charge is 0.410 e. The maximum absolute atomic E-state index is 13.6. The zero-order chi connectivity index (χ0) is 15.2. The first-order chi connectivity index (χ1) is 10.1. The Labute approximate surface area is 123 Å². The van der Waals surface area contributed by atoms with Gasteiger partial charge in [-0.15, -0.1) is 0 Å². The molecule has 0 N–H and O–H groups in total. The van der Waals surface area contributed by atoms with E-state index in [1.165, 1.54) is 6.92 Å². The molecular weight excluding hydrogens is 273 g/mol. The van der Waals surface area contributed by atoms with Crippen molar-refractivity contribution in [2.75, 3.05) is 13.1 Å². The summed E-state index contributed by atoms with van der Waals surface area (Å²) in [6, 6.07) is 9.45. The third-order valence-electron chi connectivity index (χ3n) is 3.81. The number of ether oxygens (including phenoxy) is 1. The maximum atomic E-state index is 13.6. The Kier molecular flexibility index (Phi) is 5.31. The molecule has 4 nitrogen and oxygen atoms in total. The molecular formula is C16H20FNO3. The highest BCUT2D eigenvalue weighted by Gasteiger charge is 2.31. The number of carbonyl (C=O) groups excluding carboxylic acids is 2. The van der Waals surface area contributed by atoms with Gasteiger partial charge in [-0.25, -0.2) is 9.18 Å². The van der Waals surface area contributed by atoms with Crippen molar-refractivity contribution >= 4 is 11.9 Å². The van der Waals surface area contributed by atoms with Gasteiger partial charge in [0, 0.05) is 19.0 Å². The number of likely N-dealkylation sites (tertiary alicyclic amines) is 1. The van der Waals surface area contributed by atoms with Gasteiger partial charge in [0.25, 0.3) is 0 Å². The van der Waals surface area contributed by atoms with Crippen LogP contribution in [0, 0.1) is 5.92 Å². The van der Waals surface area contributed by atoms with Crippen LogP contribution in [0.4, 0.5) is 9.18 Å². The van der Waals surface area contributed by atoms with Crippen LogP contribution in [0.1, 0.15) is 25.3 Å². The second-order valence-electron chi connectivity index (χ2n) is 5.38. The molecule has 1 aliphatic heterocycles. The molecule has 1 heterocycles. The van der Waals surface area contributed by atoms with E-state index in [1.54, 1.807) is 4.90 Å². The van der Waals surface area contributed by atoms with Gasteiger partial charge in [0.15, 0.2) is 12.0 Å². The molecule has 1 amide bonds. The summed E-state index contributed by atoms with van der Waals surface area (Å²) >= 11 is 0. The van der Waals surface area contributed by atoms with Crippen LogP contribution in [0.3, 0.4) is 0 Å². The average Bonchev–Trinajstić information content (AvgIpc) is 2.53. The minimum Gasteiger partial charge on any atom is -0.445 e. The predicted octanol–water partition coefficient (Wildman–Crippen LogP) is 2.96. The van der Waals surface area contributed by atoms with Crippen molar-refractivity contribution in [3.8, 4) is 0 Å². The van der Waals surface area contributed by atoms with E-state index in [0.717, 1.165) is 5.56 Å².